The highest BCUT2D eigenvalue weighted by Crippen LogP contribution is 2.18. The molecule has 0 fully saturated rings. The minimum Gasteiger partial charge on any atom is -0.343 e. The summed E-state index contributed by atoms with van der Waals surface area (Å²) < 4.78 is 1.32. The Morgan fingerprint density at radius 3 is 2.48 bits per heavy atom. The average molecular weight is 364 g/mol. The maximum absolute atomic E-state index is 12.5. The number of fused-ring (bicyclic) bond motifs is 1. The average Bonchev–Trinajstić information content (AvgIpc) is 2.63. The molecular weight excluding hydrogens is 344 g/mol. The Balaban J connectivity index is 1.72. The van der Waals surface area contributed by atoms with Gasteiger partial charge in [0.25, 0.3) is 11.5 Å². The van der Waals surface area contributed by atoms with E-state index in [-0.39, 0.29) is 18.0 Å². The first-order valence-electron chi connectivity index (χ1n) is 8.49. The van der Waals surface area contributed by atoms with Crippen LogP contribution in [0.4, 0.5) is 5.69 Å². The first-order valence-corrected chi connectivity index (χ1v) is 8.49. The number of benzene rings is 1. The molecule has 3 aromatic rings. The van der Waals surface area contributed by atoms with Crippen LogP contribution in [-0.2, 0) is 4.79 Å². The maximum Gasteiger partial charge on any atom is 0.270 e. The molecule has 27 heavy (non-hydrogen) atoms. The summed E-state index contributed by atoms with van der Waals surface area (Å²) in [5, 5.41) is 5.26. The third-order valence-electron chi connectivity index (χ3n) is 4.25. The van der Waals surface area contributed by atoms with Crippen LogP contribution in [0.3, 0.4) is 0 Å². The van der Waals surface area contributed by atoms with Gasteiger partial charge in [0.2, 0.25) is 5.91 Å². The summed E-state index contributed by atoms with van der Waals surface area (Å²) in [5.74, 6) is -1.01. The molecule has 138 valence electrons. The van der Waals surface area contributed by atoms with Crippen molar-refractivity contribution in [3.05, 3.63) is 75.3 Å². The van der Waals surface area contributed by atoms with Crippen molar-refractivity contribution in [3.63, 3.8) is 0 Å². The van der Waals surface area contributed by atoms with Crippen LogP contribution < -0.4 is 16.2 Å². The van der Waals surface area contributed by atoms with Crippen molar-refractivity contribution in [2.24, 2.45) is 0 Å². The fraction of sp³-hybridized carbons (Fsp3) is 0.200. The molecule has 0 spiro atoms. The minimum absolute atomic E-state index is 0.113. The van der Waals surface area contributed by atoms with Gasteiger partial charge in [-0.15, -0.1) is 0 Å². The molecule has 0 saturated heterocycles. The highest BCUT2D eigenvalue weighted by Gasteiger charge is 2.15. The second-order valence-electron chi connectivity index (χ2n) is 6.41. The standard InChI is InChI=1S/C20H20N4O3/c1-12-7-8-16-21-9-15(20(27)24(16)11-12)19(26)22-10-17(25)23-18-13(2)5-4-6-14(18)3/h4-9,11H,10H2,1-3H3,(H,22,26)(H,23,25). The van der Waals surface area contributed by atoms with Gasteiger partial charge in [-0.3, -0.25) is 18.8 Å². The molecule has 0 radical (unpaired) electrons. The van der Waals surface area contributed by atoms with Crippen molar-refractivity contribution in [1.29, 1.82) is 0 Å². The number of aryl methyl sites for hydroxylation is 3. The van der Waals surface area contributed by atoms with Gasteiger partial charge in [0, 0.05) is 18.1 Å². The number of carbonyl (C=O) groups is 2. The van der Waals surface area contributed by atoms with E-state index in [2.05, 4.69) is 15.6 Å². The van der Waals surface area contributed by atoms with Crippen molar-refractivity contribution in [2.45, 2.75) is 20.8 Å². The lowest BCUT2D eigenvalue weighted by Crippen LogP contribution is -2.36. The van der Waals surface area contributed by atoms with Gasteiger partial charge in [0.1, 0.15) is 11.2 Å². The zero-order valence-corrected chi connectivity index (χ0v) is 15.4. The molecule has 2 N–H and O–H groups in total. The molecule has 0 aliphatic heterocycles. The SMILES string of the molecule is Cc1ccc2ncc(C(=O)NCC(=O)Nc3c(C)cccc3C)c(=O)n2c1. The lowest BCUT2D eigenvalue weighted by molar-refractivity contribution is -0.115. The summed E-state index contributed by atoms with van der Waals surface area (Å²) in [6, 6.07) is 9.23. The Kier molecular flexibility index (Phi) is 5.03. The predicted octanol–water partition coefficient (Wildman–Crippen LogP) is 1.99. The number of hydrogen-bond acceptors (Lipinski definition) is 4. The Bertz CT molecular complexity index is 1080. The zero-order valence-electron chi connectivity index (χ0n) is 15.4. The number of rotatable bonds is 4. The summed E-state index contributed by atoms with van der Waals surface area (Å²) in [4.78, 5) is 41.1. The number of pyridine rings is 1. The third kappa shape index (κ3) is 3.87. The number of nitrogens with zero attached hydrogens (tertiary/aromatic N) is 2. The van der Waals surface area contributed by atoms with Crippen LogP contribution in [0.5, 0.6) is 0 Å². The van der Waals surface area contributed by atoms with Crippen LogP contribution in [0.1, 0.15) is 27.0 Å². The molecular formula is C20H20N4O3. The van der Waals surface area contributed by atoms with Crippen molar-refractivity contribution >= 4 is 23.1 Å². The van der Waals surface area contributed by atoms with E-state index in [0.29, 0.717) is 5.65 Å². The van der Waals surface area contributed by atoms with Gasteiger partial charge < -0.3 is 10.6 Å². The predicted molar refractivity (Wildman–Crippen MR) is 103 cm³/mol. The molecule has 7 nitrogen and oxygen atoms in total. The molecule has 0 atom stereocenters. The molecule has 1 aromatic carbocycles. The normalized spacial score (nSPS) is 10.6. The zero-order chi connectivity index (χ0) is 19.6. The lowest BCUT2D eigenvalue weighted by Gasteiger charge is -2.12. The maximum atomic E-state index is 12.5. The molecule has 0 aliphatic carbocycles. The molecule has 3 rings (SSSR count). The van der Waals surface area contributed by atoms with E-state index in [4.69, 9.17) is 0 Å². The van der Waals surface area contributed by atoms with Crippen LogP contribution in [0.25, 0.3) is 5.65 Å². The first-order chi connectivity index (χ1) is 12.9. The Morgan fingerprint density at radius 2 is 1.78 bits per heavy atom. The quantitative estimate of drug-likeness (QED) is 0.740. The Hall–Kier alpha value is -3.48. The Morgan fingerprint density at radius 1 is 1.07 bits per heavy atom. The molecule has 2 aromatic heterocycles. The van der Waals surface area contributed by atoms with Crippen LogP contribution in [-0.4, -0.2) is 27.7 Å². The first kappa shape index (κ1) is 18.3. The highest BCUT2D eigenvalue weighted by molar-refractivity contribution is 5.99. The number of amides is 2. The summed E-state index contributed by atoms with van der Waals surface area (Å²) in [6.45, 7) is 5.38. The third-order valence-corrected chi connectivity index (χ3v) is 4.25. The number of anilines is 1. The topological polar surface area (TPSA) is 92.6 Å². The number of carbonyl (C=O) groups excluding carboxylic acids is 2. The van der Waals surface area contributed by atoms with Gasteiger partial charge in [-0.2, -0.15) is 0 Å². The van der Waals surface area contributed by atoms with Crippen molar-refractivity contribution in [3.8, 4) is 0 Å². The van der Waals surface area contributed by atoms with E-state index < -0.39 is 11.5 Å². The molecule has 2 amide bonds. The van der Waals surface area contributed by atoms with E-state index in [9.17, 15) is 14.4 Å². The largest absolute Gasteiger partial charge is 0.343 e. The van der Waals surface area contributed by atoms with Crippen molar-refractivity contribution < 1.29 is 9.59 Å². The molecule has 0 unspecified atom stereocenters. The summed E-state index contributed by atoms with van der Waals surface area (Å²) in [7, 11) is 0. The second kappa shape index (κ2) is 7.41. The monoisotopic (exact) mass is 364 g/mol. The van der Waals surface area contributed by atoms with Crippen LogP contribution >= 0.6 is 0 Å². The second-order valence-corrected chi connectivity index (χ2v) is 6.41. The number of hydrogen-bond donors (Lipinski definition) is 2. The highest BCUT2D eigenvalue weighted by atomic mass is 16.2. The van der Waals surface area contributed by atoms with E-state index in [0.717, 1.165) is 22.4 Å². The van der Waals surface area contributed by atoms with Crippen LogP contribution in [0.15, 0.2) is 47.5 Å². The van der Waals surface area contributed by atoms with Crippen molar-refractivity contribution in [1.82, 2.24) is 14.7 Å². The molecule has 7 heteroatoms. The summed E-state index contributed by atoms with van der Waals surface area (Å²) >= 11 is 0. The number of nitrogens with one attached hydrogen (secondary N) is 2. The van der Waals surface area contributed by atoms with E-state index in [1.54, 1.807) is 12.3 Å². The van der Waals surface area contributed by atoms with Gasteiger partial charge in [-0.1, -0.05) is 24.3 Å². The number of para-hydroxylation sites is 1. The molecule has 0 saturated carbocycles. The minimum atomic E-state index is -0.639. The van der Waals surface area contributed by atoms with Crippen molar-refractivity contribution in [2.75, 3.05) is 11.9 Å². The van der Waals surface area contributed by atoms with Gasteiger partial charge in [-0.05, 0) is 43.5 Å². The van der Waals surface area contributed by atoms with Crippen LogP contribution in [0, 0.1) is 20.8 Å². The molecule has 0 bridgehead atoms. The van der Waals surface area contributed by atoms with E-state index in [1.165, 1.54) is 10.6 Å². The van der Waals surface area contributed by atoms with Gasteiger partial charge in [0.05, 0.1) is 6.54 Å². The number of aromatic nitrogens is 2. The summed E-state index contributed by atoms with van der Waals surface area (Å²) in [5.41, 5.74) is 3.32. The molecule has 2 heterocycles. The Labute approximate surface area is 156 Å². The van der Waals surface area contributed by atoms with Gasteiger partial charge in [-0.25, -0.2) is 4.98 Å². The fourth-order valence-electron chi connectivity index (χ4n) is 2.79. The molecule has 0 aliphatic rings. The van der Waals surface area contributed by atoms with E-state index in [1.807, 2.05) is 45.0 Å². The van der Waals surface area contributed by atoms with Gasteiger partial charge >= 0.3 is 0 Å². The van der Waals surface area contributed by atoms with Crippen LogP contribution in [0.2, 0.25) is 0 Å². The smallest absolute Gasteiger partial charge is 0.270 e. The fourth-order valence-corrected chi connectivity index (χ4v) is 2.79. The van der Waals surface area contributed by atoms with Gasteiger partial charge in [0.15, 0.2) is 0 Å². The van der Waals surface area contributed by atoms with E-state index >= 15 is 0 Å². The summed E-state index contributed by atoms with van der Waals surface area (Å²) in [6.07, 6.45) is 2.85. The lowest BCUT2D eigenvalue weighted by atomic mass is 10.1.